The van der Waals surface area contributed by atoms with Crippen LogP contribution in [-0.4, -0.2) is 55.6 Å². The number of hydrogen-bond donors (Lipinski definition) is 1. The van der Waals surface area contributed by atoms with Crippen molar-refractivity contribution in [3.05, 3.63) is 12.1 Å². The molecule has 9 nitrogen and oxygen atoms in total. The Labute approximate surface area is 140 Å². The molecule has 1 saturated heterocycles. The van der Waals surface area contributed by atoms with E-state index in [1.807, 2.05) is 32.9 Å². The van der Waals surface area contributed by atoms with E-state index in [1.165, 1.54) is 4.63 Å². The van der Waals surface area contributed by atoms with Gasteiger partial charge in [-0.25, -0.2) is 4.79 Å². The average Bonchev–Trinajstić information content (AvgIpc) is 2.92. The molecule has 130 valence electrons. The van der Waals surface area contributed by atoms with Crippen LogP contribution in [0.3, 0.4) is 0 Å². The van der Waals surface area contributed by atoms with Crippen LogP contribution in [0.1, 0.15) is 40.5 Å². The lowest BCUT2D eigenvalue weighted by Gasteiger charge is -2.38. The lowest BCUT2D eigenvalue weighted by molar-refractivity contribution is 0.0494. The fourth-order valence-corrected chi connectivity index (χ4v) is 2.91. The summed E-state index contributed by atoms with van der Waals surface area (Å²) in [5.41, 5.74) is 0.134. The first-order valence-corrected chi connectivity index (χ1v) is 8.13. The Balaban J connectivity index is 1.61. The Kier molecular flexibility index (Phi) is 4.25. The predicted octanol–water partition coefficient (Wildman–Crippen LogP) is 1.40. The Bertz CT molecular complexity index is 724. The zero-order chi connectivity index (χ0) is 17.3. The van der Waals surface area contributed by atoms with E-state index in [0.29, 0.717) is 5.65 Å². The molecule has 3 rings (SSSR count). The van der Waals surface area contributed by atoms with Crippen LogP contribution >= 0.6 is 0 Å². The molecule has 1 aliphatic rings. The van der Waals surface area contributed by atoms with E-state index in [4.69, 9.17) is 4.74 Å². The minimum atomic E-state index is -0.485. The smallest absolute Gasteiger partial charge is 0.407 e. The van der Waals surface area contributed by atoms with Crippen molar-refractivity contribution < 1.29 is 9.53 Å². The molecule has 0 aromatic carbocycles. The predicted molar refractivity (Wildman–Crippen MR) is 87.8 cm³/mol. The second kappa shape index (κ2) is 6.21. The number of nitrogens with one attached hydrogen (secondary N) is 1. The number of carbonyl (C=O) groups is 1. The lowest BCUT2D eigenvalue weighted by Crippen LogP contribution is -2.50. The van der Waals surface area contributed by atoms with E-state index in [9.17, 15) is 4.79 Å². The summed E-state index contributed by atoms with van der Waals surface area (Å²) in [6, 6.07) is 4.10. The first-order chi connectivity index (χ1) is 11.3. The van der Waals surface area contributed by atoms with Crippen molar-refractivity contribution in [1.82, 2.24) is 30.6 Å². The molecule has 0 bridgehead atoms. The highest BCUT2D eigenvalue weighted by atomic mass is 16.6. The zero-order valence-electron chi connectivity index (χ0n) is 14.4. The summed E-state index contributed by atoms with van der Waals surface area (Å²) in [4.78, 5) is 14.1. The van der Waals surface area contributed by atoms with Crippen LogP contribution < -0.4 is 10.2 Å². The molecule has 1 aliphatic heterocycles. The highest BCUT2D eigenvalue weighted by molar-refractivity contribution is 5.68. The van der Waals surface area contributed by atoms with Crippen LogP contribution in [0.25, 0.3) is 5.65 Å². The van der Waals surface area contributed by atoms with Crippen LogP contribution in [0.15, 0.2) is 12.1 Å². The maximum Gasteiger partial charge on any atom is 0.407 e. The molecule has 2 aromatic rings. The Hall–Kier alpha value is -2.45. The van der Waals surface area contributed by atoms with Crippen molar-refractivity contribution in [3.63, 3.8) is 0 Å². The maximum atomic E-state index is 11.9. The molecule has 0 radical (unpaired) electrons. The number of amides is 1. The highest BCUT2D eigenvalue weighted by Gasteiger charge is 2.29. The van der Waals surface area contributed by atoms with Crippen molar-refractivity contribution in [2.24, 2.45) is 0 Å². The molecule has 0 aliphatic carbocycles. The van der Waals surface area contributed by atoms with Gasteiger partial charge >= 0.3 is 6.09 Å². The van der Waals surface area contributed by atoms with Gasteiger partial charge in [-0.3, -0.25) is 0 Å². The molecule has 0 spiro atoms. The average molecular weight is 333 g/mol. The van der Waals surface area contributed by atoms with Crippen molar-refractivity contribution in [2.75, 3.05) is 11.4 Å². The quantitative estimate of drug-likeness (QED) is 0.887. The van der Waals surface area contributed by atoms with Gasteiger partial charge in [0.15, 0.2) is 11.5 Å². The van der Waals surface area contributed by atoms with Crippen molar-refractivity contribution in [2.45, 2.75) is 58.2 Å². The normalized spacial score (nSPS) is 21.8. The van der Waals surface area contributed by atoms with E-state index in [0.717, 1.165) is 25.2 Å². The number of nitrogens with zero attached hydrogens (tertiary/aromatic N) is 6. The molecule has 1 fully saturated rings. The van der Waals surface area contributed by atoms with Gasteiger partial charge in [0.05, 0.1) is 0 Å². The van der Waals surface area contributed by atoms with Gasteiger partial charge in [-0.1, -0.05) is 0 Å². The SMILES string of the molecule is CC1CC(NC(=O)OC(C)(C)C)CCN1c1ccc2nnnn2n1. The van der Waals surface area contributed by atoms with E-state index in [1.54, 1.807) is 0 Å². The standard InChI is InChI=1S/C15H23N7O2/c1-10-9-11(16-14(23)24-15(2,3)4)7-8-21(10)13-6-5-12-17-19-20-22(12)18-13/h5-6,10-11H,7-9H2,1-4H3,(H,16,23). The number of tetrazole rings is 1. The topological polar surface area (TPSA) is 97.5 Å². The summed E-state index contributed by atoms with van der Waals surface area (Å²) >= 11 is 0. The summed E-state index contributed by atoms with van der Waals surface area (Å²) < 4.78 is 6.75. The summed E-state index contributed by atoms with van der Waals surface area (Å²) in [6.07, 6.45) is 1.30. The molecule has 2 atom stereocenters. The third-order valence-corrected chi connectivity index (χ3v) is 3.95. The molecule has 0 saturated carbocycles. The van der Waals surface area contributed by atoms with Crippen LogP contribution in [0.4, 0.5) is 10.6 Å². The van der Waals surface area contributed by atoms with Gasteiger partial charge in [0, 0.05) is 18.6 Å². The fourth-order valence-electron chi connectivity index (χ4n) is 2.91. The second-order valence-electron chi connectivity index (χ2n) is 7.13. The van der Waals surface area contributed by atoms with Crippen LogP contribution in [-0.2, 0) is 4.74 Å². The summed E-state index contributed by atoms with van der Waals surface area (Å²) in [6.45, 7) is 8.49. The first-order valence-electron chi connectivity index (χ1n) is 8.13. The summed E-state index contributed by atoms with van der Waals surface area (Å²) in [5, 5.41) is 18.7. The Morgan fingerprint density at radius 3 is 2.88 bits per heavy atom. The Morgan fingerprint density at radius 2 is 2.17 bits per heavy atom. The molecular weight excluding hydrogens is 310 g/mol. The van der Waals surface area contributed by atoms with E-state index < -0.39 is 5.60 Å². The van der Waals surface area contributed by atoms with Crippen LogP contribution in [0.5, 0.6) is 0 Å². The number of alkyl carbamates (subject to hydrolysis) is 1. The first kappa shape index (κ1) is 16.4. The van der Waals surface area contributed by atoms with E-state index in [-0.39, 0.29) is 18.2 Å². The lowest BCUT2D eigenvalue weighted by atomic mass is 9.98. The summed E-state index contributed by atoms with van der Waals surface area (Å²) in [7, 11) is 0. The zero-order valence-corrected chi connectivity index (χ0v) is 14.4. The van der Waals surface area contributed by atoms with Gasteiger partial charge in [-0.15, -0.1) is 14.8 Å². The number of piperidine rings is 1. The van der Waals surface area contributed by atoms with Gasteiger partial charge in [0.1, 0.15) is 5.60 Å². The van der Waals surface area contributed by atoms with Gasteiger partial charge in [-0.2, -0.15) is 0 Å². The molecule has 2 aromatic heterocycles. The molecule has 1 N–H and O–H groups in total. The van der Waals surface area contributed by atoms with Crippen molar-refractivity contribution in [3.8, 4) is 0 Å². The van der Waals surface area contributed by atoms with Crippen LogP contribution in [0.2, 0.25) is 0 Å². The number of carbonyl (C=O) groups excluding carboxylic acids is 1. The number of rotatable bonds is 2. The van der Waals surface area contributed by atoms with Gasteiger partial charge < -0.3 is 15.0 Å². The number of fused-ring (bicyclic) bond motifs is 1. The third kappa shape index (κ3) is 3.72. The minimum absolute atomic E-state index is 0.0999. The van der Waals surface area contributed by atoms with Gasteiger partial charge in [0.2, 0.25) is 0 Å². The van der Waals surface area contributed by atoms with Gasteiger partial charge in [-0.05, 0) is 63.1 Å². The second-order valence-corrected chi connectivity index (χ2v) is 7.13. The number of ether oxygens (including phenoxy) is 1. The fraction of sp³-hybridized carbons (Fsp3) is 0.667. The minimum Gasteiger partial charge on any atom is -0.444 e. The highest BCUT2D eigenvalue weighted by Crippen LogP contribution is 2.23. The summed E-state index contributed by atoms with van der Waals surface area (Å²) in [5.74, 6) is 0.831. The van der Waals surface area contributed by atoms with Crippen LogP contribution in [0, 0.1) is 0 Å². The van der Waals surface area contributed by atoms with Crippen molar-refractivity contribution >= 4 is 17.6 Å². The maximum absolute atomic E-state index is 11.9. The number of aromatic nitrogens is 5. The van der Waals surface area contributed by atoms with Gasteiger partial charge in [0.25, 0.3) is 0 Å². The van der Waals surface area contributed by atoms with Crippen molar-refractivity contribution in [1.29, 1.82) is 0 Å². The molecular formula is C15H23N7O2. The number of anilines is 1. The molecule has 9 heteroatoms. The third-order valence-electron chi connectivity index (χ3n) is 3.95. The van der Waals surface area contributed by atoms with E-state index >= 15 is 0 Å². The molecule has 3 heterocycles. The molecule has 24 heavy (non-hydrogen) atoms. The number of hydrogen-bond acceptors (Lipinski definition) is 7. The molecule has 1 amide bonds. The van der Waals surface area contributed by atoms with E-state index in [2.05, 4.69) is 37.8 Å². The Morgan fingerprint density at radius 1 is 1.38 bits per heavy atom. The monoisotopic (exact) mass is 333 g/mol. The largest absolute Gasteiger partial charge is 0.444 e. The molecule has 2 unspecified atom stereocenters.